The molecule has 0 aromatic carbocycles. The highest BCUT2D eigenvalue weighted by Crippen LogP contribution is 2.46. The number of rotatable bonds is 2. The van der Waals surface area contributed by atoms with Crippen molar-refractivity contribution in [3.05, 3.63) is 0 Å². The lowest BCUT2D eigenvalue weighted by atomic mass is 9.74. The molecule has 14 heavy (non-hydrogen) atoms. The molecule has 0 spiro atoms. The van der Waals surface area contributed by atoms with Gasteiger partial charge in [-0.2, -0.15) is 0 Å². The van der Waals surface area contributed by atoms with Crippen LogP contribution in [0.25, 0.3) is 0 Å². The Labute approximate surface area is 88.3 Å². The summed E-state index contributed by atoms with van der Waals surface area (Å²) in [5, 5.41) is 0. The summed E-state index contributed by atoms with van der Waals surface area (Å²) in [6.45, 7) is 13.2. The molecule has 1 saturated carbocycles. The van der Waals surface area contributed by atoms with Gasteiger partial charge in [0.25, 0.3) is 0 Å². The predicted molar refractivity (Wildman–Crippen MR) is 60.0 cm³/mol. The molecule has 1 aliphatic rings. The first-order chi connectivity index (χ1) is 6.37. The van der Waals surface area contributed by atoms with Crippen molar-refractivity contribution in [3.63, 3.8) is 0 Å². The summed E-state index contributed by atoms with van der Waals surface area (Å²) in [6, 6.07) is 0. The predicted octanol–water partition coefficient (Wildman–Crippen LogP) is 3.39. The standard InChI is InChI=1S/C13H24O/c1-7(2)11-9(5)13(14)10(6)12(11)8(3)4/h7-12H,1-6H3/t9-,10-,11-,12-/m0/s1. The summed E-state index contributed by atoms with van der Waals surface area (Å²) in [5.41, 5.74) is 0. The molecule has 0 amide bonds. The summed E-state index contributed by atoms with van der Waals surface area (Å²) in [6.07, 6.45) is 0. The molecule has 0 radical (unpaired) electrons. The van der Waals surface area contributed by atoms with Crippen LogP contribution in [0.2, 0.25) is 0 Å². The largest absolute Gasteiger partial charge is 0.299 e. The van der Waals surface area contributed by atoms with Gasteiger partial charge in [0, 0.05) is 11.8 Å². The van der Waals surface area contributed by atoms with Gasteiger partial charge in [-0.25, -0.2) is 0 Å². The SMILES string of the molecule is CC(C)[C@@H]1[C@@H](C(C)C)[C@H](C)C(=O)[C@H]1C. The molecule has 0 unspecified atom stereocenters. The van der Waals surface area contributed by atoms with Gasteiger partial charge >= 0.3 is 0 Å². The molecule has 0 aromatic heterocycles. The highest BCUT2D eigenvalue weighted by atomic mass is 16.1. The van der Waals surface area contributed by atoms with Crippen molar-refractivity contribution >= 4 is 5.78 Å². The maximum Gasteiger partial charge on any atom is 0.139 e. The van der Waals surface area contributed by atoms with Gasteiger partial charge in [0.15, 0.2) is 0 Å². The molecule has 1 heteroatoms. The Morgan fingerprint density at radius 3 is 1.36 bits per heavy atom. The second-order valence-corrected chi connectivity index (χ2v) is 5.62. The molecule has 0 aromatic rings. The van der Waals surface area contributed by atoms with Crippen molar-refractivity contribution in [2.45, 2.75) is 41.5 Å². The van der Waals surface area contributed by atoms with Crippen molar-refractivity contribution < 1.29 is 4.79 Å². The number of carbonyl (C=O) groups excluding carboxylic acids is 1. The molecule has 0 heterocycles. The van der Waals surface area contributed by atoms with Crippen LogP contribution in [0, 0.1) is 35.5 Å². The van der Waals surface area contributed by atoms with Gasteiger partial charge in [0.2, 0.25) is 0 Å². The molecular weight excluding hydrogens is 172 g/mol. The molecule has 0 N–H and O–H groups in total. The average molecular weight is 196 g/mol. The van der Waals surface area contributed by atoms with E-state index in [9.17, 15) is 4.79 Å². The fourth-order valence-electron chi connectivity index (χ4n) is 3.50. The zero-order valence-corrected chi connectivity index (χ0v) is 10.4. The molecule has 1 fully saturated rings. The van der Waals surface area contributed by atoms with Crippen molar-refractivity contribution in [1.29, 1.82) is 0 Å². The topological polar surface area (TPSA) is 17.1 Å². The van der Waals surface area contributed by atoms with Crippen LogP contribution in [0.3, 0.4) is 0 Å². The van der Waals surface area contributed by atoms with Crippen LogP contribution in [-0.2, 0) is 4.79 Å². The lowest BCUT2D eigenvalue weighted by Gasteiger charge is -2.30. The van der Waals surface area contributed by atoms with E-state index in [-0.39, 0.29) is 11.8 Å². The Hall–Kier alpha value is -0.330. The van der Waals surface area contributed by atoms with Gasteiger partial charge in [-0.3, -0.25) is 4.79 Å². The van der Waals surface area contributed by atoms with Crippen LogP contribution in [0.1, 0.15) is 41.5 Å². The quantitative estimate of drug-likeness (QED) is 0.661. The van der Waals surface area contributed by atoms with Gasteiger partial charge in [0.05, 0.1) is 0 Å². The number of carbonyl (C=O) groups is 1. The van der Waals surface area contributed by atoms with E-state index in [1.165, 1.54) is 0 Å². The van der Waals surface area contributed by atoms with Crippen molar-refractivity contribution in [2.24, 2.45) is 35.5 Å². The number of hydrogen-bond donors (Lipinski definition) is 0. The van der Waals surface area contributed by atoms with Crippen LogP contribution in [0.4, 0.5) is 0 Å². The van der Waals surface area contributed by atoms with Gasteiger partial charge in [-0.15, -0.1) is 0 Å². The Bertz CT molecular complexity index is 195. The van der Waals surface area contributed by atoms with Crippen molar-refractivity contribution in [2.75, 3.05) is 0 Å². The van der Waals surface area contributed by atoms with Crippen LogP contribution < -0.4 is 0 Å². The van der Waals surface area contributed by atoms with Crippen LogP contribution in [0.15, 0.2) is 0 Å². The molecule has 82 valence electrons. The second-order valence-electron chi connectivity index (χ2n) is 5.62. The maximum atomic E-state index is 11.9. The normalized spacial score (nSPS) is 38.7. The molecule has 4 atom stereocenters. The molecule has 0 aliphatic heterocycles. The minimum Gasteiger partial charge on any atom is -0.299 e. The fourth-order valence-corrected chi connectivity index (χ4v) is 3.50. The first-order valence-electron chi connectivity index (χ1n) is 5.91. The molecule has 0 bridgehead atoms. The number of hydrogen-bond acceptors (Lipinski definition) is 1. The Morgan fingerprint density at radius 2 is 1.14 bits per heavy atom. The van der Waals surface area contributed by atoms with E-state index in [2.05, 4.69) is 41.5 Å². The minimum atomic E-state index is 0.275. The molecule has 1 rings (SSSR count). The first-order valence-corrected chi connectivity index (χ1v) is 5.91. The van der Waals surface area contributed by atoms with E-state index in [1.54, 1.807) is 0 Å². The first kappa shape index (κ1) is 11.7. The molecule has 0 saturated heterocycles. The van der Waals surface area contributed by atoms with E-state index in [0.717, 1.165) is 0 Å². The Morgan fingerprint density at radius 1 is 0.857 bits per heavy atom. The fraction of sp³-hybridized carbons (Fsp3) is 0.923. The maximum absolute atomic E-state index is 11.9. The number of ketones is 1. The van der Waals surface area contributed by atoms with Crippen LogP contribution >= 0.6 is 0 Å². The second kappa shape index (κ2) is 4.04. The molecular formula is C13H24O. The Kier molecular flexibility index (Phi) is 3.39. The number of Topliss-reactive ketones (excluding diaryl/α,β-unsaturated/α-hetero) is 1. The van der Waals surface area contributed by atoms with Gasteiger partial charge in [-0.1, -0.05) is 41.5 Å². The lowest BCUT2D eigenvalue weighted by molar-refractivity contribution is -0.123. The molecule has 1 nitrogen and oxygen atoms in total. The van der Waals surface area contributed by atoms with Gasteiger partial charge < -0.3 is 0 Å². The summed E-state index contributed by atoms with van der Waals surface area (Å²) in [4.78, 5) is 11.9. The lowest BCUT2D eigenvalue weighted by Crippen LogP contribution is -2.25. The van der Waals surface area contributed by atoms with E-state index < -0.39 is 0 Å². The van der Waals surface area contributed by atoms with Gasteiger partial charge in [0.1, 0.15) is 5.78 Å². The summed E-state index contributed by atoms with van der Waals surface area (Å²) < 4.78 is 0. The Balaban J connectivity index is 2.95. The monoisotopic (exact) mass is 196 g/mol. The molecule has 1 aliphatic carbocycles. The highest BCUT2D eigenvalue weighted by molar-refractivity contribution is 5.85. The third kappa shape index (κ3) is 1.74. The van der Waals surface area contributed by atoms with E-state index in [4.69, 9.17) is 0 Å². The van der Waals surface area contributed by atoms with E-state index >= 15 is 0 Å². The van der Waals surface area contributed by atoms with E-state index in [1.807, 2.05) is 0 Å². The zero-order chi connectivity index (χ0) is 11.0. The summed E-state index contributed by atoms with van der Waals surface area (Å²) in [5.74, 6) is 3.49. The van der Waals surface area contributed by atoms with Crippen LogP contribution in [0.5, 0.6) is 0 Å². The zero-order valence-electron chi connectivity index (χ0n) is 10.4. The van der Waals surface area contributed by atoms with Crippen molar-refractivity contribution in [3.8, 4) is 0 Å². The smallest absolute Gasteiger partial charge is 0.139 e. The minimum absolute atomic E-state index is 0.275. The summed E-state index contributed by atoms with van der Waals surface area (Å²) in [7, 11) is 0. The van der Waals surface area contributed by atoms with Crippen molar-refractivity contribution in [1.82, 2.24) is 0 Å². The third-order valence-electron chi connectivity index (χ3n) is 4.04. The average Bonchev–Trinajstić information content (AvgIpc) is 2.29. The summed E-state index contributed by atoms with van der Waals surface area (Å²) >= 11 is 0. The van der Waals surface area contributed by atoms with Crippen LogP contribution in [-0.4, -0.2) is 5.78 Å². The third-order valence-corrected chi connectivity index (χ3v) is 4.04. The van der Waals surface area contributed by atoms with E-state index in [0.29, 0.717) is 29.5 Å². The van der Waals surface area contributed by atoms with Gasteiger partial charge in [-0.05, 0) is 23.7 Å². The highest BCUT2D eigenvalue weighted by Gasteiger charge is 2.47.